The van der Waals surface area contributed by atoms with Crippen molar-refractivity contribution in [1.29, 1.82) is 0 Å². The van der Waals surface area contributed by atoms with Crippen LogP contribution in [0.3, 0.4) is 0 Å². The van der Waals surface area contributed by atoms with E-state index in [2.05, 4.69) is 21.8 Å². The fourth-order valence-electron chi connectivity index (χ4n) is 1.84. The molecule has 2 aromatic heterocycles. The van der Waals surface area contributed by atoms with E-state index in [0.717, 1.165) is 5.56 Å². The molecule has 0 radical (unpaired) electrons. The Bertz CT molecular complexity index is 673. The third-order valence-corrected chi connectivity index (χ3v) is 2.81. The normalized spacial score (nSPS) is 9.62. The number of hydrogen-bond donors (Lipinski definition) is 1. The molecule has 0 fully saturated rings. The van der Waals surface area contributed by atoms with Crippen LogP contribution in [0, 0.1) is 11.8 Å². The SMILES string of the molecule is CN(Cc1cccnc1)C(=O)c1cncc(C#CCN)c1. The molecule has 0 aliphatic rings. The summed E-state index contributed by atoms with van der Waals surface area (Å²) >= 11 is 0. The summed E-state index contributed by atoms with van der Waals surface area (Å²) in [6.45, 7) is 0.768. The summed E-state index contributed by atoms with van der Waals surface area (Å²) in [6, 6.07) is 5.49. The lowest BCUT2D eigenvalue weighted by atomic mass is 10.2. The van der Waals surface area contributed by atoms with E-state index in [-0.39, 0.29) is 12.5 Å². The fourth-order valence-corrected chi connectivity index (χ4v) is 1.84. The van der Waals surface area contributed by atoms with Gasteiger partial charge in [0.1, 0.15) is 0 Å². The summed E-state index contributed by atoms with van der Waals surface area (Å²) < 4.78 is 0. The number of aromatic nitrogens is 2. The van der Waals surface area contributed by atoms with Gasteiger partial charge in [0.05, 0.1) is 12.1 Å². The van der Waals surface area contributed by atoms with Crippen LogP contribution < -0.4 is 5.73 Å². The first-order chi connectivity index (χ1) is 10.2. The lowest BCUT2D eigenvalue weighted by Crippen LogP contribution is -2.26. The standard InChI is InChI=1S/C16H16N4O/c1-20(12-14-5-3-7-18-10-14)16(21)15-8-13(4-2-6-17)9-19-11-15/h3,5,7-11H,6,12,17H2,1H3. The fraction of sp³-hybridized carbons (Fsp3) is 0.188. The smallest absolute Gasteiger partial charge is 0.255 e. The van der Waals surface area contributed by atoms with Crippen molar-refractivity contribution in [2.45, 2.75) is 6.54 Å². The average Bonchev–Trinajstić information content (AvgIpc) is 2.53. The number of amides is 1. The molecule has 0 unspecified atom stereocenters. The van der Waals surface area contributed by atoms with Gasteiger partial charge in [0.2, 0.25) is 0 Å². The minimum Gasteiger partial charge on any atom is -0.337 e. The Kier molecular flexibility index (Phi) is 5.02. The van der Waals surface area contributed by atoms with Gasteiger partial charge >= 0.3 is 0 Å². The Balaban J connectivity index is 2.12. The zero-order chi connectivity index (χ0) is 15.1. The third kappa shape index (κ3) is 4.13. The number of nitrogens with two attached hydrogens (primary N) is 1. The summed E-state index contributed by atoms with van der Waals surface area (Å²) in [5.74, 6) is 5.51. The van der Waals surface area contributed by atoms with Crippen molar-refractivity contribution in [3.63, 3.8) is 0 Å². The van der Waals surface area contributed by atoms with Crippen LogP contribution in [0.5, 0.6) is 0 Å². The third-order valence-electron chi connectivity index (χ3n) is 2.81. The molecule has 0 spiro atoms. The van der Waals surface area contributed by atoms with Crippen molar-refractivity contribution in [3.8, 4) is 11.8 Å². The van der Waals surface area contributed by atoms with Crippen molar-refractivity contribution < 1.29 is 4.79 Å². The van der Waals surface area contributed by atoms with Crippen LogP contribution in [-0.2, 0) is 6.54 Å². The van der Waals surface area contributed by atoms with Crippen LogP contribution >= 0.6 is 0 Å². The molecule has 0 saturated heterocycles. The van der Waals surface area contributed by atoms with Gasteiger partial charge in [-0.1, -0.05) is 17.9 Å². The van der Waals surface area contributed by atoms with Gasteiger partial charge in [0.15, 0.2) is 0 Å². The van der Waals surface area contributed by atoms with Crippen LogP contribution in [0.25, 0.3) is 0 Å². The molecule has 2 aromatic rings. The van der Waals surface area contributed by atoms with Gasteiger partial charge in [-0.2, -0.15) is 0 Å². The summed E-state index contributed by atoms with van der Waals surface area (Å²) in [6.07, 6.45) is 6.59. The van der Waals surface area contributed by atoms with Crippen molar-refractivity contribution in [1.82, 2.24) is 14.9 Å². The maximum Gasteiger partial charge on any atom is 0.255 e. The Morgan fingerprint density at radius 3 is 2.90 bits per heavy atom. The van der Waals surface area contributed by atoms with Crippen LogP contribution in [0.15, 0.2) is 43.0 Å². The number of nitrogens with zero attached hydrogens (tertiary/aromatic N) is 3. The highest BCUT2D eigenvalue weighted by atomic mass is 16.2. The van der Waals surface area contributed by atoms with Gasteiger partial charge in [-0.05, 0) is 17.7 Å². The predicted molar refractivity (Wildman–Crippen MR) is 80.2 cm³/mol. The molecule has 0 bridgehead atoms. The molecular formula is C16H16N4O. The highest BCUT2D eigenvalue weighted by Crippen LogP contribution is 2.08. The molecule has 2 N–H and O–H groups in total. The lowest BCUT2D eigenvalue weighted by molar-refractivity contribution is 0.0784. The number of hydrogen-bond acceptors (Lipinski definition) is 4. The van der Waals surface area contributed by atoms with Crippen molar-refractivity contribution in [3.05, 3.63) is 59.7 Å². The van der Waals surface area contributed by atoms with Crippen LogP contribution in [0.1, 0.15) is 21.5 Å². The molecule has 5 nitrogen and oxygen atoms in total. The number of carbonyl (C=O) groups is 1. The molecule has 0 atom stereocenters. The molecule has 2 heterocycles. The van der Waals surface area contributed by atoms with E-state index in [1.54, 1.807) is 36.6 Å². The van der Waals surface area contributed by atoms with E-state index in [0.29, 0.717) is 17.7 Å². The maximum atomic E-state index is 12.4. The van der Waals surface area contributed by atoms with E-state index in [9.17, 15) is 4.79 Å². The maximum absolute atomic E-state index is 12.4. The summed E-state index contributed by atoms with van der Waals surface area (Å²) in [5.41, 5.74) is 7.49. The van der Waals surface area contributed by atoms with Gasteiger partial charge in [0.25, 0.3) is 5.91 Å². The van der Waals surface area contributed by atoms with Crippen molar-refractivity contribution >= 4 is 5.91 Å². The van der Waals surface area contributed by atoms with E-state index < -0.39 is 0 Å². The van der Waals surface area contributed by atoms with Crippen LogP contribution in [0.2, 0.25) is 0 Å². The minimum atomic E-state index is -0.109. The Morgan fingerprint density at radius 2 is 2.19 bits per heavy atom. The molecule has 106 valence electrons. The Labute approximate surface area is 123 Å². The molecule has 0 aromatic carbocycles. The van der Waals surface area contributed by atoms with Gasteiger partial charge in [-0.3, -0.25) is 14.8 Å². The van der Waals surface area contributed by atoms with E-state index in [1.807, 2.05) is 12.1 Å². The molecule has 5 heteroatoms. The van der Waals surface area contributed by atoms with Gasteiger partial charge in [-0.15, -0.1) is 0 Å². The number of carbonyl (C=O) groups excluding carboxylic acids is 1. The molecule has 0 saturated carbocycles. The number of pyridine rings is 2. The van der Waals surface area contributed by atoms with E-state index in [4.69, 9.17) is 5.73 Å². The topological polar surface area (TPSA) is 72.1 Å². The van der Waals surface area contributed by atoms with E-state index >= 15 is 0 Å². The lowest BCUT2D eigenvalue weighted by Gasteiger charge is -2.17. The minimum absolute atomic E-state index is 0.109. The molecule has 2 rings (SSSR count). The summed E-state index contributed by atoms with van der Waals surface area (Å²) in [4.78, 5) is 22.1. The van der Waals surface area contributed by atoms with Crippen molar-refractivity contribution in [2.75, 3.05) is 13.6 Å². The monoisotopic (exact) mass is 280 g/mol. The molecule has 21 heavy (non-hydrogen) atoms. The van der Waals surface area contributed by atoms with Crippen molar-refractivity contribution in [2.24, 2.45) is 5.73 Å². The molecule has 0 aliphatic heterocycles. The second-order valence-corrected chi connectivity index (χ2v) is 4.49. The highest BCUT2D eigenvalue weighted by molar-refractivity contribution is 5.94. The molecule has 1 amide bonds. The van der Waals surface area contributed by atoms with Gasteiger partial charge in [-0.25, -0.2) is 0 Å². The zero-order valence-electron chi connectivity index (χ0n) is 11.8. The first-order valence-corrected chi connectivity index (χ1v) is 6.49. The molecular weight excluding hydrogens is 264 g/mol. The van der Waals surface area contributed by atoms with Crippen LogP contribution in [0.4, 0.5) is 0 Å². The first kappa shape index (κ1) is 14.7. The average molecular weight is 280 g/mol. The predicted octanol–water partition coefficient (Wildman–Crippen LogP) is 1.06. The first-order valence-electron chi connectivity index (χ1n) is 6.49. The number of rotatable bonds is 3. The summed E-state index contributed by atoms with van der Waals surface area (Å²) in [5, 5.41) is 0. The Hall–Kier alpha value is -2.71. The zero-order valence-corrected chi connectivity index (χ0v) is 11.8. The largest absolute Gasteiger partial charge is 0.337 e. The Morgan fingerprint density at radius 1 is 1.33 bits per heavy atom. The molecule has 0 aliphatic carbocycles. The van der Waals surface area contributed by atoms with Gasteiger partial charge < -0.3 is 10.6 Å². The summed E-state index contributed by atoms with van der Waals surface area (Å²) in [7, 11) is 1.74. The second kappa shape index (κ2) is 7.17. The van der Waals surface area contributed by atoms with Gasteiger partial charge in [0, 0.05) is 43.9 Å². The quantitative estimate of drug-likeness (QED) is 0.853. The van der Waals surface area contributed by atoms with Crippen LogP contribution in [-0.4, -0.2) is 34.4 Å². The highest BCUT2D eigenvalue weighted by Gasteiger charge is 2.12. The van der Waals surface area contributed by atoms with E-state index in [1.165, 1.54) is 6.20 Å². The second-order valence-electron chi connectivity index (χ2n) is 4.49.